The van der Waals surface area contributed by atoms with Gasteiger partial charge in [0, 0.05) is 19.6 Å². The van der Waals surface area contributed by atoms with Crippen LogP contribution in [0.5, 0.6) is 0 Å². The zero-order chi connectivity index (χ0) is 14.4. The lowest BCUT2D eigenvalue weighted by atomic mass is 9.80. The van der Waals surface area contributed by atoms with Crippen LogP contribution in [0.25, 0.3) is 0 Å². The maximum atomic E-state index is 12.5. The third-order valence-electron chi connectivity index (χ3n) is 4.47. The Labute approximate surface area is 121 Å². The van der Waals surface area contributed by atoms with E-state index in [0.29, 0.717) is 6.54 Å². The second-order valence-corrected chi connectivity index (χ2v) is 6.10. The summed E-state index contributed by atoms with van der Waals surface area (Å²) >= 11 is 0. The van der Waals surface area contributed by atoms with Gasteiger partial charge in [-0.25, -0.2) is 0 Å². The molecule has 2 rings (SSSR count). The van der Waals surface area contributed by atoms with Gasteiger partial charge < -0.3 is 16.0 Å². The molecule has 0 atom stereocenters. The van der Waals surface area contributed by atoms with Gasteiger partial charge in [0.1, 0.15) is 5.54 Å². The quantitative estimate of drug-likeness (QED) is 0.635. The first-order chi connectivity index (χ1) is 9.68. The van der Waals surface area contributed by atoms with Crippen LogP contribution >= 0.6 is 0 Å². The van der Waals surface area contributed by atoms with E-state index in [1.807, 2.05) is 0 Å². The first-order valence-corrected chi connectivity index (χ1v) is 7.99. The standard InChI is InChI=1S/C15H27N3O2/c1-2-3-9-17-14(20)15(7-5-4-6-8-15)18-13(19)12-10-16-11-12/h12,16H,2-11H2,1H3,(H,17,20)(H,18,19). The highest BCUT2D eigenvalue weighted by Gasteiger charge is 2.42. The van der Waals surface area contributed by atoms with Gasteiger partial charge in [-0.3, -0.25) is 9.59 Å². The number of unbranched alkanes of at least 4 members (excludes halogenated alkanes) is 1. The Morgan fingerprint density at radius 3 is 2.45 bits per heavy atom. The predicted octanol–water partition coefficient (Wildman–Crippen LogP) is 0.941. The lowest BCUT2D eigenvalue weighted by molar-refractivity contribution is -0.137. The topological polar surface area (TPSA) is 70.2 Å². The van der Waals surface area contributed by atoms with Crippen LogP contribution < -0.4 is 16.0 Å². The average molecular weight is 281 g/mol. The van der Waals surface area contributed by atoms with Crippen molar-refractivity contribution in [1.82, 2.24) is 16.0 Å². The molecule has 0 bridgehead atoms. The van der Waals surface area contributed by atoms with E-state index < -0.39 is 5.54 Å². The van der Waals surface area contributed by atoms with Crippen LogP contribution in [0.4, 0.5) is 0 Å². The van der Waals surface area contributed by atoms with Crippen LogP contribution in [-0.4, -0.2) is 37.0 Å². The van der Waals surface area contributed by atoms with Gasteiger partial charge in [-0.05, 0) is 19.3 Å². The van der Waals surface area contributed by atoms with Crippen molar-refractivity contribution in [3.63, 3.8) is 0 Å². The van der Waals surface area contributed by atoms with E-state index in [9.17, 15) is 9.59 Å². The molecule has 1 aliphatic carbocycles. The molecule has 2 amide bonds. The van der Waals surface area contributed by atoms with Crippen molar-refractivity contribution in [3.05, 3.63) is 0 Å². The SMILES string of the molecule is CCCCNC(=O)C1(NC(=O)C2CNC2)CCCCC1. The largest absolute Gasteiger partial charge is 0.354 e. The summed E-state index contributed by atoms with van der Waals surface area (Å²) in [6.07, 6.45) is 6.79. The van der Waals surface area contributed by atoms with Crippen LogP contribution in [-0.2, 0) is 9.59 Å². The van der Waals surface area contributed by atoms with E-state index in [1.165, 1.54) is 0 Å². The van der Waals surface area contributed by atoms with Crippen molar-refractivity contribution >= 4 is 11.8 Å². The number of carbonyl (C=O) groups is 2. The van der Waals surface area contributed by atoms with Crippen molar-refractivity contribution in [2.75, 3.05) is 19.6 Å². The van der Waals surface area contributed by atoms with Gasteiger partial charge in [-0.1, -0.05) is 32.6 Å². The van der Waals surface area contributed by atoms with Crippen molar-refractivity contribution in [2.45, 2.75) is 57.4 Å². The second-order valence-electron chi connectivity index (χ2n) is 6.10. The molecule has 20 heavy (non-hydrogen) atoms. The molecule has 5 nitrogen and oxygen atoms in total. The Balaban J connectivity index is 1.96. The smallest absolute Gasteiger partial charge is 0.245 e. The highest BCUT2D eigenvalue weighted by Crippen LogP contribution is 2.29. The van der Waals surface area contributed by atoms with E-state index in [0.717, 1.165) is 58.0 Å². The molecular formula is C15H27N3O2. The Morgan fingerprint density at radius 2 is 1.90 bits per heavy atom. The lowest BCUT2D eigenvalue weighted by Crippen LogP contribution is -2.63. The van der Waals surface area contributed by atoms with E-state index in [4.69, 9.17) is 0 Å². The average Bonchev–Trinajstić information content (AvgIpc) is 2.37. The van der Waals surface area contributed by atoms with Gasteiger partial charge >= 0.3 is 0 Å². The molecular weight excluding hydrogens is 254 g/mol. The summed E-state index contributed by atoms with van der Waals surface area (Å²) in [5.41, 5.74) is -0.654. The first kappa shape index (κ1) is 15.3. The highest BCUT2D eigenvalue weighted by molar-refractivity contribution is 5.92. The van der Waals surface area contributed by atoms with Crippen molar-refractivity contribution in [1.29, 1.82) is 0 Å². The molecule has 1 saturated heterocycles. The number of hydrogen-bond acceptors (Lipinski definition) is 3. The Hall–Kier alpha value is -1.10. The summed E-state index contributed by atoms with van der Waals surface area (Å²) < 4.78 is 0. The van der Waals surface area contributed by atoms with Gasteiger partial charge in [0.05, 0.1) is 5.92 Å². The van der Waals surface area contributed by atoms with Crippen LogP contribution in [0.3, 0.4) is 0 Å². The zero-order valence-electron chi connectivity index (χ0n) is 12.5. The van der Waals surface area contributed by atoms with Crippen LogP contribution in [0.1, 0.15) is 51.9 Å². The van der Waals surface area contributed by atoms with Crippen LogP contribution in [0, 0.1) is 5.92 Å². The van der Waals surface area contributed by atoms with Crippen LogP contribution in [0.2, 0.25) is 0 Å². The van der Waals surface area contributed by atoms with Crippen molar-refractivity contribution in [2.24, 2.45) is 5.92 Å². The van der Waals surface area contributed by atoms with Crippen LogP contribution in [0.15, 0.2) is 0 Å². The molecule has 0 aromatic rings. The number of nitrogens with one attached hydrogen (secondary N) is 3. The molecule has 1 aliphatic heterocycles. The molecule has 114 valence electrons. The minimum atomic E-state index is -0.654. The predicted molar refractivity (Wildman–Crippen MR) is 78.2 cm³/mol. The van der Waals surface area contributed by atoms with Gasteiger partial charge in [0.15, 0.2) is 0 Å². The van der Waals surface area contributed by atoms with Gasteiger partial charge in [0.25, 0.3) is 0 Å². The molecule has 1 saturated carbocycles. The Morgan fingerprint density at radius 1 is 1.20 bits per heavy atom. The number of amides is 2. The van der Waals surface area contributed by atoms with E-state index in [2.05, 4.69) is 22.9 Å². The second kappa shape index (κ2) is 7.07. The summed E-state index contributed by atoms with van der Waals surface area (Å²) in [6, 6.07) is 0. The maximum Gasteiger partial charge on any atom is 0.245 e. The fraction of sp³-hybridized carbons (Fsp3) is 0.867. The fourth-order valence-electron chi connectivity index (χ4n) is 2.92. The molecule has 0 aromatic heterocycles. The summed E-state index contributed by atoms with van der Waals surface area (Å²) in [5, 5.41) is 9.18. The summed E-state index contributed by atoms with van der Waals surface area (Å²) in [6.45, 7) is 4.28. The van der Waals surface area contributed by atoms with E-state index >= 15 is 0 Å². The molecule has 0 unspecified atom stereocenters. The van der Waals surface area contributed by atoms with Crippen molar-refractivity contribution < 1.29 is 9.59 Å². The minimum absolute atomic E-state index is 0.0197. The first-order valence-electron chi connectivity index (χ1n) is 7.99. The van der Waals surface area contributed by atoms with E-state index in [-0.39, 0.29) is 17.7 Å². The van der Waals surface area contributed by atoms with Gasteiger partial charge in [0.2, 0.25) is 11.8 Å². The van der Waals surface area contributed by atoms with E-state index in [1.54, 1.807) is 0 Å². The lowest BCUT2D eigenvalue weighted by Gasteiger charge is -2.39. The molecule has 2 fully saturated rings. The monoisotopic (exact) mass is 281 g/mol. The number of hydrogen-bond donors (Lipinski definition) is 3. The van der Waals surface area contributed by atoms with Gasteiger partial charge in [-0.15, -0.1) is 0 Å². The molecule has 3 N–H and O–H groups in total. The molecule has 2 aliphatic rings. The summed E-state index contributed by atoms with van der Waals surface area (Å²) in [7, 11) is 0. The number of rotatable bonds is 6. The van der Waals surface area contributed by atoms with Gasteiger partial charge in [-0.2, -0.15) is 0 Å². The third-order valence-corrected chi connectivity index (χ3v) is 4.47. The minimum Gasteiger partial charge on any atom is -0.354 e. The zero-order valence-corrected chi connectivity index (χ0v) is 12.5. The Kier molecular flexibility index (Phi) is 5.40. The summed E-state index contributed by atoms with van der Waals surface area (Å²) in [4.78, 5) is 24.7. The molecule has 0 aromatic carbocycles. The highest BCUT2D eigenvalue weighted by atomic mass is 16.2. The fourth-order valence-corrected chi connectivity index (χ4v) is 2.92. The molecule has 0 radical (unpaired) electrons. The summed E-state index contributed by atoms with van der Waals surface area (Å²) in [5.74, 6) is 0.0971. The molecule has 5 heteroatoms. The molecule has 1 heterocycles. The third kappa shape index (κ3) is 3.51. The Bertz CT molecular complexity index is 347. The molecule has 0 spiro atoms. The number of carbonyl (C=O) groups excluding carboxylic acids is 2. The maximum absolute atomic E-state index is 12.5. The normalized spacial score (nSPS) is 21.9. The van der Waals surface area contributed by atoms with Crippen molar-refractivity contribution in [3.8, 4) is 0 Å².